The lowest BCUT2D eigenvalue weighted by atomic mass is 9.84. The van der Waals surface area contributed by atoms with Crippen molar-refractivity contribution in [2.75, 3.05) is 12.4 Å². The van der Waals surface area contributed by atoms with Gasteiger partial charge in [0.2, 0.25) is 17.6 Å². The van der Waals surface area contributed by atoms with Crippen molar-refractivity contribution in [3.63, 3.8) is 0 Å². The van der Waals surface area contributed by atoms with Crippen LogP contribution in [0.15, 0.2) is 63.8 Å². The minimum atomic E-state index is -1.08. The summed E-state index contributed by atoms with van der Waals surface area (Å²) in [5.41, 5.74) is -0.190. The number of hydrogen-bond donors (Lipinski definition) is 2. The molecule has 0 unspecified atom stereocenters. The predicted octanol–water partition coefficient (Wildman–Crippen LogP) is 4.27. The molecule has 2 heterocycles. The largest absolute Gasteiger partial charge is 0.453 e. The normalized spacial score (nSPS) is 12.1. The molecule has 2 N–H and O–H groups in total. The first-order valence-corrected chi connectivity index (χ1v) is 13.8. The van der Waals surface area contributed by atoms with Crippen LogP contribution in [0.1, 0.15) is 55.5 Å². The molecule has 4 aromatic rings. The van der Waals surface area contributed by atoms with E-state index in [0.717, 1.165) is 11.7 Å². The van der Waals surface area contributed by atoms with Gasteiger partial charge in [-0.25, -0.2) is 14.2 Å². The summed E-state index contributed by atoms with van der Waals surface area (Å²) in [6, 6.07) is 13.5. The quantitative estimate of drug-likeness (QED) is 0.252. The van der Waals surface area contributed by atoms with Gasteiger partial charge in [-0.05, 0) is 44.4 Å². The molecular formula is C31H33FN6O6. The Hall–Kier alpha value is -5.20. The second-order valence-corrected chi connectivity index (χ2v) is 11.0. The van der Waals surface area contributed by atoms with Crippen LogP contribution in [0.5, 0.6) is 0 Å². The molecule has 0 aliphatic heterocycles. The third-order valence-corrected chi connectivity index (χ3v) is 7.10. The fourth-order valence-electron chi connectivity index (χ4n) is 4.51. The van der Waals surface area contributed by atoms with Crippen molar-refractivity contribution in [2.45, 2.75) is 52.6 Å². The number of halogens is 1. The molecule has 1 atom stereocenters. The number of rotatable bonds is 10. The molecule has 44 heavy (non-hydrogen) atoms. The van der Waals surface area contributed by atoms with Crippen LogP contribution in [0.25, 0.3) is 11.4 Å². The number of methoxy groups -OCH3 is 1. The van der Waals surface area contributed by atoms with Crippen molar-refractivity contribution in [3.8, 4) is 11.4 Å². The Labute approximate surface area is 252 Å². The van der Waals surface area contributed by atoms with Gasteiger partial charge >= 0.3 is 6.09 Å². The Balaban J connectivity index is 1.62. The van der Waals surface area contributed by atoms with Crippen LogP contribution in [0.3, 0.4) is 0 Å². The average molecular weight is 605 g/mol. The number of ketones is 1. The molecule has 0 saturated heterocycles. The van der Waals surface area contributed by atoms with Gasteiger partial charge in [-0.2, -0.15) is 0 Å². The second kappa shape index (κ2) is 13.0. The Morgan fingerprint density at radius 3 is 2.32 bits per heavy atom. The Bertz CT molecular complexity index is 1730. The van der Waals surface area contributed by atoms with Crippen molar-refractivity contribution in [1.29, 1.82) is 0 Å². The summed E-state index contributed by atoms with van der Waals surface area (Å²) in [6.45, 7) is 8.09. The lowest BCUT2D eigenvalue weighted by Gasteiger charge is -2.22. The zero-order chi connectivity index (χ0) is 32.2. The van der Waals surface area contributed by atoms with E-state index in [4.69, 9.17) is 4.42 Å². The molecule has 230 valence electrons. The van der Waals surface area contributed by atoms with Gasteiger partial charge in [0.15, 0.2) is 0 Å². The number of carbonyl (C=O) groups is 3. The van der Waals surface area contributed by atoms with E-state index in [9.17, 15) is 23.6 Å². The fourth-order valence-corrected chi connectivity index (χ4v) is 4.51. The van der Waals surface area contributed by atoms with Gasteiger partial charge in [0, 0.05) is 5.56 Å². The van der Waals surface area contributed by atoms with Gasteiger partial charge in [-0.15, -0.1) is 10.2 Å². The Morgan fingerprint density at radius 1 is 1.05 bits per heavy atom. The molecule has 2 amide bonds. The number of ether oxygens (including phenoxy) is 1. The molecule has 13 heteroatoms. The second-order valence-electron chi connectivity index (χ2n) is 11.0. The average Bonchev–Trinajstić information content (AvgIpc) is 3.51. The number of carbonyl (C=O) groups excluding carboxylic acids is 3. The number of nitrogens with one attached hydrogen (secondary N) is 2. The van der Waals surface area contributed by atoms with Gasteiger partial charge in [0.25, 0.3) is 11.4 Å². The van der Waals surface area contributed by atoms with Crippen molar-refractivity contribution < 1.29 is 27.9 Å². The first kappa shape index (κ1) is 31.7. The highest BCUT2D eigenvalue weighted by molar-refractivity contribution is 5.98. The topological polar surface area (TPSA) is 158 Å². The van der Waals surface area contributed by atoms with Gasteiger partial charge in [-0.3, -0.25) is 24.3 Å². The summed E-state index contributed by atoms with van der Waals surface area (Å²) in [6.07, 6.45) is -0.873. The zero-order valence-corrected chi connectivity index (χ0v) is 25.2. The van der Waals surface area contributed by atoms with E-state index >= 15 is 0 Å². The smallest absolute Gasteiger partial charge is 0.411 e. The number of benzene rings is 2. The molecule has 0 fully saturated rings. The SMILES string of the molecule is COC(=O)Nc1c(C)nc(-c2ccccc2)n(CC(=O)N[C@H](C(=O)c2nnc(C(C)(C)c3ccc(F)cc3)o2)C(C)C)c1=O. The molecule has 0 radical (unpaired) electrons. The lowest BCUT2D eigenvalue weighted by molar-refractivity contribution is -0.122. The van der Waals surface area contributed by atoms with Crippen molar-refractivity contribution in [3.05, 3.63) is 93.8 Å². The molecular weight excluding hydrogens is 571 g/mol. The summed E-state index contributed by atoms with van der Waals surface area (Å²) in [4.78, 5) is 56.8. The molecule has 2 aromatic heterocycles. The first-order chi connectivity index (χ1) is 20.8. The summed E-state index contributed by atoms with van der Waals surface area (Å²) >= 11 is 0. The van der Waals surface area contributed by atoms with Crippen LogP contribution in [0.2, 0.25) is 0 Å². The highest BCUT2D eigenvalue weighted by Crippen LogP contribution is 2.31. The summed E-state index contributed by atoms with van der Waals surface area (Å²) in [7, 11) is 1.15. The summed E-state index contributed by atoms with van der Waals surface area (Å²) in [5, 5.41) is 13.0. The number of anilines is 1. The maximum absolute atomic E-state index is 13.5. The lowest BCUT2D eigenvalue weighted by Crippen LogP contribution is -2.47. The van der Waals surface area contributed by atoms with E-state index in [2.05, 4.69) is 30.6 Å². The number of nitrogens with zero attached hydrogens (tertiary/aromatic N) is 4. The van der Waals surface area contributed by atoms with Crippen LogP contribution in [-0.2, 0) is 21.5 Å². The predicted molar refractivity (Wildman–Crippen MR) is 159 cm³/mol. The molecule has 0 bridgehead atoms. The Kier molecular flexibility index (Phi) is 9.36. The summed E-state index contributed by atoms with van der Waals surface area (Å²) < 4.78 is 25.0. The monoisotopic (exact) mass is 604 g/mol. The van der Waals surface area contributed by atoms with E-state index < -0.39 is 53.1 Å². The van der Waals surface area contributed by atoms with Gasteiger partial charge in [0.05, 0.1) is 24.3 Å². The van der Waals surface area contributed by atoms with Gasteiger partial charge in [0.1, 0.15) is 23.9 Å². The Morgan fingerprint density at radius 2 is 1.70 bits per heavy atom. The first-order valence-electron chi connectivity index (χ1n) is 13.8. The molecule has 12 nitrogen and oxygen atoms in total. The molecule has 2 aromatic carbocycles. The minimum absolute atomic E-state index is 0.136. The van der Waals surface area contributed by atoms with Gasteiger partial charge in [-0.1, -0.05) is 56.3 Å². The van der Waals surface area contributed by atoms with E-state index in [1.54, 1.807) is 77.1 Å². The number of amides is 2. The standard InChI is InChI=1S/C31H33FN6O6/c1-17(2)23(25(40)27-36-37-29(44-27)31(4,5)20-12-14-21(32)15-13-20)34-22(39)16-38-26(19-10-8-7-9-11-19)33-18(3)24(28(38)41)35-30(42)43-6/h7-15,17,23H,16H2,1-6H3,(H,34,39)(H,35,42)/t23-/m0/s1. The number of hydrogen-bond acceptors (Lipinski definition) is 9. The number of aryl methyl sites for hydroxylation is 1. The molecule has 0 saturated carbocycles. The minimum Gasteiger partial charge on any atom is -0.453 e. The van der Waals surface area contributed by atoms with E-state index in [1.807, 2.05) is 0 Å². The van der Waals surface area contributed by atoms with Crippen LogP contribution in [0, 0.1) is 18.7 Å². The van der Waals surface area contributed by atoms with Crippen molar-refractivity contribution in [2.24, 2.45) is 5.92 Å². The van der Waals surface area contributed by atoms with Crippen LogP contribution in [-0.4, -0.2) is 50.7 Å². The molecule has 0 spiro atoms. The van der Waals surface area contributed by atoms with Crippen molar-refractivity contribution in [1.82, 2.24) is 25.1 Å². The molecule has 4 rings (SSSR count). The zero-order valence-electron chi connectivity index (χ0n) is 25.2. The summed E-state index contributed by atoms with van der Waals surface area (Å²) in [5.74, 6) is -2.06. The van der Waals surface area contributed by atoms with Crippen LogP contribution < -0.4 is 16.2 Å². The van der Waals surface area contributed by atoms with Crippen LogP contribution in [0.4, 0.5) is 14.9 Å². The maximum Gasteiger partial charge on any atom is 0.411 e. The highest BCUT2D eigenvalue weighted by atomic mass is 19.1. The van der Waals surface area contributed by atoms with E-state index in [0.29, 0.717) is 11.1 Å². The van der Waals surface area contributed by atoms with Gasteiger partial charge < -0.3 is 14.5 Å². The highest BCUT2D eigenvalue weighted by Gasteiger charge is 2.34. The molecule has 0 aliphatic rings. The number of Topliss-reactive ketones (excluding diaryl/α,β-unsaturated/α-hetero) is 1. The van der Waals surface area contributed by atoms with E-state index in [-0.39, 0.29) is 29.0 Å². The third-order valence-electron chi connectivity index (χ3n) is 7.10. The van der Waals surface area contributed by atoms with Crippen molar-refractivity contribution >= 4 is 23.5 Å². The van der Waals surface area contributed by atoms with Crippen LogP contribution >= 0.6 is 0 Å². The molecule has 0 aliphatic carbocycles. The fraction of sp³-hybridized carbons (Fsp3) is 0.323. The number of aromatic nitrogens is 4. The van der Waals surface area contributed by atoms with E-state index in [1.165, 1.54) is 12.1 Å². The third kappa shape index (κ3) is 6.72. The maximum atomic E-state index is 13.5.